The molecule has 0 saturated carbocycles. The van der Waals surface area contributed by atoms with Gasteiger partial charge >= 0.3 is 0 Å². The highest BCUT2D eigenvalue weighted by molar-refractivity contribution is 7.99. The zero-order valence-electron chi connectivity index (χ0n) is 12.3. The molecule has 0 bridgehead atoms. The predicted octanol–water partition coefficient (Wildman–Crippen LogP) is 3.67. The quantitative estimate of drug-likeness (QED) is 0.860. The molecule has 2 aromatic rings. The average Bonchev–Trinajstić information content (AvgIpc) is 2.83. The number of carbonyl (C=O) groups is 1. The number of hydrogen-bond acceptors (Lipinski definition) is 4. The molecule has 1 aliphatic rings. The van der Waals surface area contributed by atoms with Gasteiger partial charge in [0.05, 0.1) is 11.3 Å². The third-order valence-electron chi connectivity index (χ3n) is 3.43. The fraction of sp³-hybridized carbons (Fsp3) is 0.250. The normalized spacial score (nSPS) is 15.7. The highest BCUT2D eigenvalue weighted by atomic mass is 32.2. The van der Waals surface area contributed by atoms with Crippen molar-refractivity contribution in [3.63, 3.8) is 0 Å². The molecule has 0 fully saturated rings. The summed E-state index contributed by atoms with van der Waals surface area (Å²) in [6.45, 7) is 3.52. The summed E-state index contributed by atoms with van der Waals surface area (Å²) in [5, 5.41) is 4.19. The minimum Gasteiger partial charge on any atom is -0.466 e. The van der Waals surface area contributed by atoms with Gasteiger partial charge in [-0.3, -0.25) is 4.79 Å². The van der Waals surface area contributed by atoms with Crippen LogP contribution in [0.4, 0.5) is 4.39 Å². The van der Waals surface area contributed by atoms with E-state index >= 15 is 0 Å². The second kappa shape index (κ2) is 5.96. The van der Waals surface area contributed by atoms with Crippen molar-refractivity contribution in [3.05, 3.63) is 52.7 Å². The van der Waals surface area contributed by atoms with Crippen molar-refractivity contribution in [1.29, 1.82) is 0 Å². The van der Waals surface area contributed by atoms with E-state index in [0.717, 1.165) is 16.2 Å². The van der Waals surface area contributed by atoms with E-state index in [1.165, 1.54) is 12.1 Å². The molecule has 1 amide bonds. The fourth-order valence-electron chi connectivity index (χ4n) is 2.40. The van der Waals surface area contributed by atoms with E-state index < -0.39 is 0 Å². The molecule has 0 saturated heterocycles. The van der Waals surface area contributed by atoms with Crippen LogP contribution in [0.1, 0.15) is 33.9 Å². The smallest absolute Gasteiger partial charge is 0.274 e. The van der Waals surface area contributed by atoms with Crippen molar-refractivity contribution >= 4 is 23.4 Å². The number of aryl methyl sites for hydroxylation is 2. The maximum atomic E-state index is 13.4. The summed E-state index contributed by atoms with van der Waals surface area (Å²) in [6.07, 6.45) is 0.685. The Morgan fingerprint density at radius 3 is 2.91 bits per heavy atom. The molecule has 1 aliphatic heterocycles. The Hall–Kier alpha value is -2.08. The summed E-state index contributed by atoms with van der Waals surface area (Å²) < 4.78 is 18.8. The summed E-state index contributed by atoms with van der Waals surface area (Å²) in [6, 6.07) is 6.31. The number of furan rings is 1. The van der Waals surface area contributed by atoms with E-state index in [2.05, 4.69) is 10.5 Å². The summed E-state index contributed by atoms with van der Waals surface area (Å²) in [5.41, 5.74) is 4.45. The summed E-state index contributed by atoms with van der Waals surface area (Å²) in [5.74, 6) is 1.47. The first-order chi connectivity index (χ1) is 10.5. The van der Waals surface area contributed by atoms with Gasteiger partial charge in [-0.1, -0.05) is 0 Å². The minimum atomic E-state index is -0.321. The lowest BCUT2D eigenvalue weighted by molar-refractivity contribution is 0.0953. The maximum absolute atomic E-state index is 13.4. The number of thioether (sulfide) groups is 1. The molecule has 4 nitrogen and oxygen atoms in total. The Morgan fingerprint density at radius 1 is 1.36 bits per heavy atom. The van der Waals surface area contributed by atoms with Crippen molar-refractivity contribution in [2.45, 2.75) is 25.2 Å². The number of benzene rings is 1. The van der Waals surface area contributed by atoms with Gasteiger partial charge in [-0.2, -0.15) is 5.10 Å². The van der Waals surface area contributed by atoms with E-state index in [1.807, 2.05) is 0 Å². The first-order valence-electron chi connectivity index (χ1n) is 6.91. The Balaban J connectivity index is 1.84. The van der Waals surface area contributed by atoms with Gasteiger partial charge in [0.1, 0.15) is 17.3 Å². The first-order valence-corrected chi connectivity index (χ1v) is 7.90. The largest absolute Gasteiger partial charge is 0.466 e. The highest BCUT2D eigenvalue weighted by Gasteiger charge is 2.18. The van der Waals surface area contributed by atoms with Gasteiger partial charge < -0.3 is 4.42 Å². The molecule has 1 aromatic carbocycles. The lowest BCUT2D eigenvalue weighted by atomic mass is 10.1. The SMILES string of the molecule is Cc1cc(C(=O)NN=C2CCSc3ccc(F)cc32)c(C)o1. The highest BCUT2D eigenvalue weighted by Crippen LogP contribution is 2.30. The molecule has 0 atom stereocenters. The monoisotopic (exact) mass is 318 g/mol. The number of rotatable bonds is 2. The minimum absolute atomic E-state index is 0.304. The van der Waals surface area contributed by atoms with Crippen LogP contribution in [0.25, 0.3) is 0 Å². The van der Waals surface area contributed by atoms with Gasteiger partial charge in [0, 0.05) is 22.6 Å². The molecule has 0 unspecified atom stereocenters. The molecular weight excluding hydrogens is 303 g/mol. The number of hydrogen-bond donors (Lipinski definition) is 1. The molecule has 0 spiro atoms. The average molecular weight is 318 g/mol. The molecule has 2 heterocycles. The van der Waals surface area contributed by atoms with Crippen molar-refractivity contribution in [2.75, 3.05) is 5.75 Å². The van der Waals surface area contributed by atoms with Gasteiger partial charge in [0.2, 0.25) is 0 Å². The van der Waals surface area contributed by atoms with Crippen molar-refractivity contribution < 1.29 is 13.6 Å². The van der Waals surface area contributed by atoms with Crippen LogP contribution >= 0.6 is 11.8 Å². The Morgan fingerprint density at radius 2 is 2.18 bits per heavy atom. The van der Waals surface area contributed by atoms with E-state index in [1.54, 1.807) is 37.7 Å². The van der Waals surface area contributed by atoms with Crippen LogP contribution in [0.2, 0.25) is 0 Å². The van der Waals surface area contributed by atoms with Crippen LogP contribution in [0.3, 0.4) is 0 Å². The number of nitrogens with zero attached hydrogens (tertiary/aromatic N) is 1. The third kappa shape index (κ3) is 2.92. The lowest BCUT2D eigenvalue weighted by Crippen LogP contribution is -2.22. The molecule has 1 N–H and O–H groups in total. The van der Waals surface area contributed by atoms with E-state index in [0.29, 0.717) is 29.2 Å². The Kier molecular flexibility index (Phi) is 4.02. The second-order valence-corrected chi connectivity index (χ2v) is 6.20. The number of carbonyl (C=O) groups excluding carboxylic acids is 1. The first kappa shape index (κ1) is 14.8. The van der Waals surface area contributed by atoms with Crippen molar-refractivity contribution in [1.82, 2.24) is 5.43 Å². The number of fused-ring (bicyclic) bond motifs is 1. The third-order valence-corrected chi connectivity index (χ3v) is 4.50. The number of nitrogens with one attached hydrogen (secondary N) is 1. The van der Waals surface area contributed by atoms with Gasteiger partial charge in [0.15, 0.2) is 0 Å². The zero-order chi connectivity index (χ0) is 15.7. The number of halogens is 1. The van der Waals surface area contributed by atoms with Gasteiger partial charge in [-0.25, -0.2) is 9.82 Å². The number of hydrazone groups is 1. The topological polar surface area (TPSA) is 54.6 Å². The van der Waals surface area contributed by atoms with Gasteiger partial charge in [0.25, 0.3) is 5.91 Å². The summed E-state index contributed by atoms with van der Waals surface area (Å²) in [4.78, 5) is 13.1. The van der Waals surface area contributed by atoms with Gasteiger partial charge in [-0.15, -0.1) is 11.8 Å². The molecule has 1 aromatic heterocycles. The van der Waals surface area contributed by atoms with E-state index in [4.69, 9.17) is 4.42 Å². The molecule has 0 aliphatic carbocycles. The van der Waals surface area contributed by atoms with Gasteiger partial charge in [-0.05, 0) is 38.1 Å². The molecule has 3 rings (SSSR count). The Bertz CT molecular complexity index is 768. The van der Waals surface area contributed by atoms with Crippen LogP contribution < -0.4 is 5.43 Å². The molecular formula is C16H15FN2O2S. The van der Waals surface area contributed by atoms with Crippen LogP contribution in [-0.4, -0.2) is 17.4 Å². The number of amides is 1. The zero-order valence-corrected chi connectivity index (χ0v) is 13.1. The van der Waals surface area contributed by atoms with E-state index in [9.17, 15) is 9.18 Å². The van der Waals surface area contributed by atoms with Crippen LogP contribution in [0, 0.1) is 19.7 Å². The molecule has 22 heavy (non-hydrogen) atoms. The van der Waals surface area contributed by atoms with Crippen LogP contribution in [0.15, 0.2) is 38.7 Å². The summed E-state index contributed by atoms with van der Waals surface area (Å²) in [7, 11) is 0. The maximum Gasteiger partial charge on any atom is 0.274 e. The molecule has 6 heteroatoms. The molecule has 114 valence electrons. The van der Waals surface area contributed by atoms with Crippen molar-refractivity contribution in [2.24, 2.45) is 5.10 Å². The fourth-order valence-corrected chi connectivity index (χ4v) is 3.41. The lowest BCUT2D eigenvalue weighted by Gasteiger charge is -2.17. The van der Waals surface area contributed by atoms with Crippen molar-refractivity contribution in [3.8, 4) is 0 Å². The summed E-state index contributed by atoms with van der Waals surface area (Å²) >= 11 is 1.66. The van der Waals surface area contributed by atoms with E-state index in [-0.39, 0.29) is 11.7 Å². The Labute approximate surface area is 131 Å². The predicted molar refractivity (Wildman–Crippen MR) is 83.9 cm³/mol. The standard InChI is InChI=1S/C16H15FN2O2S/c1-9-7-12(10(2)21-9)16(20)19-18-14-5-6-22-15-4-3-11(17)8-13(14)15/h3-4,7-8H,5-6H2,1-2H3,(H,19,20). The van der Waals surface area contributed by atoms with Crippen LogP contribution in [-0.2, 0) is 0 Å². The van der Waals surface area contributed by atoms with Crippen LogP contribution in [0.5, 0.6) is 0 Å². The second-order valence-electron chi connectivity index (χ2n) is 5.07. The molecule has 0 radical (unpaired) electrons.